The number of nitrogens with two attached hydrogens (primary N) is 1. The van der Waals surface area contributed by atoms with Crippen molar-refractivity contribution in [3.63, 3.8) is 0 Å². The Kier molecular flexibility index (Phi) is 3.84. The van der Waals surface area contributed by atoms with E-state index in [0.29, 0.717) is 30.2 Å². The highest BCUT2D eigenvalue weighted by atomic mass is 16.5. The van der Waals surface area contributed by atoms with Crippen LogP contribution in [0.25, 0.3) is 5.65 Å². The molecule has 1 unspecified atom stereocenters. The molecule has 0 bridgehead atoms. The second-order valence-corrected chi connectivity index (χ2v) is 6.30. The van der Waals surface area contributed by atoms with Gasteiger partial charge in [0.05, 0.1) is 24.5 Å². The molecule has 1 atom stereocenters. The van der Waals surface area contributed by atoms with Crippen molar-refractivity contribution in [3.05, 3.63) is 70.3 Å². The molecule has 0 spiro atoms. The van der Waals surface area contributed by atoms with Crippen LogP contribution in [0.15, 0.2) is 53.3 Å². The molecule has 2 aromatic heterocycles. The van der Waals surface area contributed by atoms with Crippen LogP contribution in [0.2, 0.25) is 0 Å². The first kappa shape index (κ1) is 16.1. The van der Waals surface area contributed by atoms with Gasteiger partial charge in [-0.1, -0.05) is 18.2 Å². The Morgan fingerprint density at radius 3 is 2.88 bits per heavy atom. The minimum Gasteiger partial charge on any atom is -0.477 e. The van der Waals surface area contributed by atoms with E-state index >= 15 is 0 Å². The number of amides is 1. The van der Waals surface area contributed by atoms with Crippen molar-refractivity contribution in [3.8, 4) is 5.75 Å². The maximum atomic E-state index is 12.5. The Hall–Kier alpha value is -3.35. The molecular formula is C19H18N4O3. The fourth-order valence-electron chi connectivity index (χ4n) is 3.25. The minimum atomic E-state index is -0.742. The van der Waals surface area contributed by atoms with Gasteiger partial charge in [-0.05, 0) is 31.2 Å². The van der Waals surface area contributed by atoms with Gasteiger partial charge in [-0.2, -0.15) is 0 Å². The Balaban J connectivity index is 1.74. The van der Waals surface area contributed by atoms with Gasteiger partial charge in [-0.15, -0.1) is 0 Å². The summed E-state index contributed by atoms with van der Waals surface area (Å²) in [5.74, 6) is 0.0718. The summed E-state index contributed by atoms with van der Waals surface area (Å²) in [5.41, 5.74) is 8.20. The number of primary amides is 1. The summed E-state index contributed by atoms with van der Waals surface area (Å²) >= 11 is 0. The number of fused-ring (bicyclic) bond motifs is 2. The molecule has 7 heteroatoms. The summed E-state index contributed by atoms with van der Waals surface area (Å²) in [6.07, 6.45) is -0.742. The van der Waals surface area contributed by atoms with E-state index in [1.807, 2.05) is 42.2 Å². The van der Waals surface area contributed by atoms with Gasteiger partial charge in [0, 0.05) is 11.8 Å². The molecular weight excluding hydrogens is 332 g/mol. The number of carbonyl (C=O) groups excluding carboxylic acids is 1. The molecule has 1 aliphatic heterocycles. The number of rotatable bonds is 3. The zero-order chi connectivity index (χ0) is 18.3. The van der Waals surface area contributed by atoms with Crippen molar-refractivity contribution in [2.24, 2.45) is 5.73 Å². The maximum absolute atomic E-state index is 12.5. The van der Waals surface area contributed by atoms with E-state index in [4.69, 9.17) is 10.5 Å². The molecule has 3 aromatic rings. The Morgan fingerprint density at radius 1 is 1.27 bits per heavy atom. The van der Waals surface area contributed by atoms with Crippen molar-refractivity contribution >= 4 is 17.2 Å². The number of anilines is 1. The second kappa shape index (κ2) is 6.18. The molecule has 2 N–H and O–H groups in total. The molecule has 0 radical (unpaired) electrons. The summed E-state index contributed by atoms with van der Waals surface area (Å²) in [6.45, 7) is 2.55. The molecule has 26 heavy (non-hydrogen) atoms. The first-order valence-electron chi connectivity index (χ1n) is 8.31. The second-order valence-electron chi connectivity index (χ2n) is 6.30. The quantitative estimate of drug-likeness (QED) is 0.768. The lowest BCUT2D eigenvalue weighted by Crippen LogP contribution is -2.47. The summed E-state index contributed by atoms with van der Waals surface area (Å²) in [4.78, 5) is 30.7. The molecule has 0 saturated carbocycles. The van der Waals surface area contributed by atoms with Crippen molar-refractivity contribution < 1.29 is 9.53 Å². The van der Waals surface area contributed by atoms with E-state index in [-0.39, 0.29) is 5.56 Å². The van der Waals surface area contributed by atoms with Crippen LogP contribution < -0.4 is 20.9 Å². The molecule has 3 heterocycles. The van der Waals surface area contributed by atoms with E-state index in [0.717, 1.165) is 11.4 Å². The fourth-order valence-corrected chi connectivity index (χ4v) is 3.25. The van der Waals surface area contributed by atoms with Crippen LogP contribution in [-0.4, -0.2) is 27.9 Å². The Bertz CT molecular complexity index is 1060. The van der Waals surface area contributed by atoms with Crippen LogP contribution in [0.1, 0.15) is 11.4 Å². The topological polar surface area (TPSA) is 89.9 Å². The Labute approximate surface area is 149 Å². The Morgan fingerprint density at radius 2 is 2.08 bits per heavy atom. The normalized spacial score (nSPS) is 16.2. The minimum absolute atomic E-state index is 0.129. The highest BCUT2D eigenvalue weighted by molar-refractivity contribution is 5.81. The average molecular weight is 350 g/mol. The van der Waals surface area contributed by atoms with Crippen molar-refractivity contribution in [2.45, 2.75) is 19.6 Å². The van der Waals surface area contributed by atoms with Gasteiger partial charge in [0.1, 0.15) is 11.4 Å². The standard InChI is InChI=1S/C19H18N4O3/c1-12-5-4-8-17-21-13(9-18(24)23(12)17)10-22-11-16(19(20)25)26-15-7-3-2-6-14(15)22/h2-9,16H,10-11H2,1H3,(H2,20,25). The smallest absolute Gasteiger partial charge is 0.260 e. The lowest BCUT2D eigenvalue weighted by Gasteiger charge is -2.34. The van der Waals surface area contributed by atoms with Crippen LogP contribution in [0.5, 0.6) is 5.75 Å². The third kappa shape index (κ3) is 2.77. The van der Waals surface area contributed by atoms with Gasteiger partial charge >= 0.3 is 0 Å². The van der Waals surface area contributed by atoms with Crippen LogP contribution in [-0.2, 0) is 11.3 Å². The van der Waals surface area contributed by atoms with Crippen molar-refractivity contribution in [1.82, 2.24) is 9.38 Å². The zero-order valence-electron chi connectivity index (χ0n) is 14.3. The van der Waals surface area contributed by atoms with Crippen LogP contribution >= 0.6 is 0 Å². The monoisotopic (exact) mass is 350 g/mol. The first-order valence-corrected chi connectivity index (χ1v) is 8.31. The number of carbonyl (C=O) groups is 1. The molecule has 4 rings (SSSR count). The van der Waals surface area contributed by atoms with E-state index in [2.05, 4.69) is 4.98 Å². The largest absolute Gasteiger partial charge is 0.477 e. The lowest BCUT2D eigenvalue weighted by atomic mass is 10.1. The first-order chi connectivity index (χ1) is 12.5. The molecule has 132 valence electrons. The summed E-state index contributed by atoms with van der Waals surface area (Å²) in [6, 6.07) is 14.5. The van der Waals surface area contributed by atoms with Gasteiger partial charge in [-0.25, -0.2) is 4.98 Å². The number of para-hydroxylation sites is 2. The highest BCUT2D eigenvalue weighted by Crippen LogP contribution is 2.33. The third-order valence-corrected chi connectivity index (χ3v) is 4.46. The summed E-state index contributed by atoms with van der Waals surface area (Å²) < 4.78 is 7.24. The van der Waals surface area contributed by atoms with Crippen LogP contribution in [0.3, 0.4) is 0 Å². The summed E-state index contributed by atoms with van der Waals surface area (Å²) in [7, 11) is 0. The average Bonchev–Trinajstić information content (AvgIpc) is 2.61. The number of hydrogen-bond donors (Lipinski definition) is 1. The fraction of sp³-hybridized carbons (Fsp3) is 0.211. The number of aryl methyl sites for hydroxylation is 1. The number of benzene rings is 1. The van der Waals surface area contributed by atoms with Gasteiger partial charge in [0.25, 0.3) is 11.5 Å². The van der Waals surface area contributed by atoms with E-state index in [9.17, 15) is 9.59 Å². The molecule has 0 aliphatic carbocycles. The molecule has 1 aromatic carbocycles. The van der Waals surface area contributed by atoms with Crippen LogP contribution in [0.4, 0.5) is 5.69 Å². The zero-order valence-corrected chi connectivity index (χ0v) is 14.3. The van der Waals surface area contributed by atoms with Gasteiger partial charge in [-0.3, -0.25) is 14.0 Å². The van der Waals surface area contributed by atoms with Gasteiger partial charge in [0.2, 0.25) is 0 Å². The molecule has 0 fully saturated rings. The molecule has 1 aliphatic rings. The predicted octanol–water partition coefficient (Wildman–Crippen LogP) is 1.26. The summed E-state index contributed by atoms with van der Waals surface area (Å²) in [5, 5.41) is 0. The molecule has 7 nitrogen and oxygen atoms in total. The van der Waals surface area contributed by atoms with Crippen molar-refractivity contribution in [1.29, 1.82) is 0 Å². The maximum Gasteiger partial charge on any atom is 0.260 e. The third-order valence-electron chi connectivity index (χ3n) is 4.46. The number of hydrogen-bond acceptors (Lipinski definition) is 5. The van der Waals surface area contributed by atoms with Gasteiger partial charge in [0.15, 0.2) is 6.10 Å². The molecule has 1 amide bonds. The van der Waals surface area contributed by atoms with E-state index in [1.54, 1.807) is 16.5 Å². The SMILES string of the molecule is Cc1cccc2nc(CN3CC(C(N)=O)Oc4ccccc43)cc(=O)n12. The number of pyridine rings is 1. The van der Waals surface area contributed by atoms with Crippen molar-refractivity contribution in [2.75, 3.05) is 11.4 Å². The van der Waals surface area contributed by atoms with E-state index in [1.165, 1.54) is 6.07 Å². The highest BCUT2D eigenvalue weighted by Gasteiger charge is 2.29. The lowest BCUT2D eigenvalue weighted by molar-refractivity contribution is -0.124. The number of ether oxygens (including phenoxy) is 1. The molecule has 0 saturated heterocycles. The number of nitrogens with zero attached hydrogens (tertiary/aromatic N) is 3. The van der Waals surface area contributed by atoms with Crippen LogP contribution in [0, 0.1) is 6.92 Å². The van der Waals surface area contributed by atoms with E-state index < -0.39 is 12.0 Å². The number of aromatic nitrogens is 2. The van der Waals surface area contributed by atoms with Gasteiger partial charge < -0.3 is 15.4 Å². The predicted molar refractivity (Wildman–Crippen MR) is 97.3 cm³/mol.